The van der Waals surface area contributed by atoms with Gasteiger partial charge < -0.3 is 9.15 Å². The van der Waals surface area contributed by atoms with Gasteiger partial charge in [0.1, 0.15) is 18.6 Å². The number of esters is 1. The maximum Gasteiger partial charge on any atom is 0.303 e. The number of hydrogen-bond acceptors (Lipinski definition) is 4. The SMILES string of the molecule is CC(=O)OCc1coc(-c2ccccc2)n1. The van der Waals surface area contributed by atoms with Crippen molar-refractivity contribution >= 4 is 5.97 Å². The van der Waals surface area contributed by atoms with E-state index in [9.17, 15) is 4.79 Å². The minimum absolute atomic E-state index is 0.145. The lowest BCUT2D eigenvalue weighted by Gasteiger charge is -1.95. The molecular formula is C12H11NO3. The number of aromatic nitrogens is 1. The zero-order valence-electron chi connectivity index (χ0n) is 8.84. The van der Waals surface area contributed by atoms with E-state index >= 15 is 0 Å². The summed E-state index contributed by atoms with van der Waals surface area (Å²) in [5.74, 6) is 0.201. The summed E-state index contributed by atoms with van der Waals surface area (Å²) < 4.78 is 10.1. The van der Waals surface area contributed by atoms with Crippen LogP contribution in [-0.4, -0.2) is 11.0 Å². The highest BCUT2D eigenvalue weighted by Gasteiger charge is 2.06. The molecule has 0 unspecified atom stereocenters. The molecule has 0 aliphatic rings. The van der Waals surface area contributed by atoms with E-state index in [0.29, 0.717) is 11.6 Å². The molecule has 1 aromatic carbocycles. The second-order valence-corrected chi connectivity index (χ2v) is 3.29. The molecule has 0 aliphatic heterocycles. The van der Waals surface area contributed by atoms with E-state index in [1.807, 2.05) is 30.3 Å². The van der Waals surface area contributed by atoms with Crippen molar-refractivity contribution < 1.29 is 13.9 Å². The van der Waals surface area contributed by atoms with Crippen LogP contribution in [0.1, 0.15) is 12.6 Å². The van der Waals surface area contributed by atoms with Gasteiger partial charge in [0.05, 0.1) is 0 Å². The zero-order valence-corrected chi connectivity index (χ0v) is 8.84. The average Bonchev–Trinajstić information content (AvgIpc) is 2.76. The molecule has 4 nitrogen and oxygen atoms in total. The minimum Gasteiger partial charge on any atom is -0.459 e. The van der Waals surface area contributed by atoms with Crippen molar-refractivity contribution in [3.63, 3.8) is 0 Å². The Morgan fingerprint density at radius 1 is 1.38 bits per heavy atom. The van der Waals surface area contributed by atoms with E-state index < -0.39 is 0 Å². The summed E-state index contributed by atoms with van der Waals surface area (Å²) in [5.41, 5.74) is 1.51. The van der Waals surface area contributed by atoms with Gasteiger partial charge in [-0.2, -0.15) is 0 Å². The largest absolute Gasteiger partial charge is 0.459 e. The van der Waals surface area contributed by atoms with Gasteiger partial charge in [0.15, 0.2) is 0 Å². The van der Waals surface area contributed by atoms with Crippen LogP contribution in [0, 0.1) is 0 Å². The number of hydrogen-bond donors (Lipinski definition) is 0. The fourth-order valence-electron chi connectivity index (χ4n) is 1.26. The molecule has 0 aliphatic carbocycles. The summed E-state index contributed by atoms with van der Waals surface area (Å²) >= 11 is 0. The quantitative estimate of drug-likeness (QED) is 0.741. The Morgan fingerprint density at radius 2 is 2.12 bits per heavy atom. The first-order valence-electron chi connectivity index (χ1n) is 4.89. The van der Waals surface area contributed by atoms with Crippen molar-refractivity contribution in [2.24, 2.45) is 0 Å². The second-order valence-electron chi connectivity index (χ2n) is 3.29. The van der Waals surface area contributed by atoms with Crippen LogP contribution in [-0.2, 0) is 16.1 Å². The average molecular weight is 217 g/mol. The third-order valence-electron chi connectivity index (χ3n) is 2.00. The normalized spacial score (nSPS) is 10.1. The number of carbonyl (C=O) groups excluding carboxylic acids is 1. The van der Waals surface area contributed by atoms with Crippen LogP contribution in [0.5, 0.6) is 0 Å². The van der Waals surface area contributed by atoms with Crippen LogP contribution < -0.4 is 0 Å². The predicted octanol–water partition coefficient (Wildman–Crippen LogP) is 2.40. The molecule has 16 heavy (non-hydrogen) atoms. The Balaban J connectivity index is 2.11. The Labute approximate surface area is 92.9 Å². The number of benzene rings is 1. The van der Waals surface area contributed by atoms with E-state index in [4.69, 9.17) is 9.15 Å². The lowest BCUT2D eigenvalue weighted by Crippen LogP contribution is -1.98. The fourth-order valence-corrected chi connectivity index (χ4v) is 1.26. The highest BCUT2D eigenvalue weighted by molar-refractivity contribution is 5.65. The van der Waals surface area contributed by atoms with Crippen molar-refractivity contribution in [3.05, 3.63) is 42.3 Å². The lowest BCUT2D eigenvalue weighted by atomic mass is 10.2. The molecule has 0 bridgehead atoms. The number of nitrogens with zero attached hydrogens (tertiary/aromatic N) is 1. The predicted molar refractivity (Wildman–Crippen MR) is 57.4 cm³/mol. The molecule has 0 fully saturated rings. The van der Waals surface area contributed by atoms with Gasteiger partial charge in [-0.3, -0.25) is 4.79 Å². The number of ether oxygens (including phenoxy) is 1. The molecule has 0 atom stereocenters. The maximum atomic E-state index is 10.6. The van der Waals surface area contributed by atoms with Crippen LogP contribution in [0.15, 0.2) is 41.0 Å². The summed E-state index contributed by atoms with van der Waals surface area (Å²) in [5, 5.41) is 0. The van der Waals surface area contributed by atoms with Crippen LogP contribution in [0.3, 0.4) is 0 Å². The van der Waals surface area contributed by atoms with Gasteiger partial charge in [-0.05, 0) is 12.1 Å². The van der Waals surface area contributed by atoms with Crippen LogP contribution in [0.2, 0.25) is 0 Å². The van der Waals surface area contributed by atoms with E-state index in [1.54, 1.807) is 0 Å². The fraction of sp³-hybridized carbons (Fsp3) is 0.167. The van der Waals surface area contributed by atoms with Gasteiger partial charge in [0, 0.05) is 12.5 Å². The molecule has 0 amide bonds. The molecule has 2 aromatic rings. The van der Waals surface area contributed by atoms with E-state index in [-0.39, 0.29) is 12.6 Å². The highest BCUT2D eigenvalue weighted by atomic mass is 16.5. The van der Waals surface area contributed by atoms with Crippen molar-refractivity contribution in [2.45, 2.75) is 13.5 Å². The highest BCUT2D eigenvalue weighted by Crippen LogP contribution is 2.18. The molecule has 1 aromatic heterocycles. The summed E-state index contributed by atoms with van der Waals surface area (Å²) in [4.78, 5) is 14.8. The molecule has 0 saturated carbocycles. The van der Waals surface area contributed by atoms with E-state index in [0.717, 1.165) is 5.56 Å². The van der Waals surface area contributed by atoms with E-state index in [1.165, 1.54) is 13.2 Å². The minimum atomic E-state index is -0.329. The molecule has 1 heterocycles. The number of carbonyl (C=O) groups is 1. The monoisotopic (exact) mass is 217 g/mol. The Kier molecular flexibility index (Phi) is 3.00. The van der Waals surface area contributed by atoms with Crippen LogP contribution in [0.4, 0.5) is 0 Å². The molecule has 82 valence electrons. The van der Waals surface area contributed by atoms with Gasteiger partial charge in [-0.15, -0.1) is 0 Å². The second kappa shape index (κ2) is 4.61. The maximum absolute atomic E-state index is 10.6. The van der Waals surface area contributed by atoms with Crippen LogP contribution in [0.25, 0.3) is 11.5 Å². The smallest absolute Gasteiger partial charge is 0.303 e. The topological polar surface area (TPSA) is 52.3 Å². The van der Waals surface area contributed by atoms with E-state index in [2.05, 4.69) is 4.98 Å². The van der Waals surface area contributed by atoms with Crippen molar-refractivity contribution in [1.29, 1.82) is 0 Å². The summed E-state index contributed by atoms with van der Waals surface area (Å²) in [7, 11) is 0. The first-order chi connectivity index (χ1) is 7.75. The van der Waals surface area contributed by atoms with Crippen LogP contribution >= 0.6 is 0 Å². The molecule has 0 N–H and O–H groups in total. The van der Waals surface area contributed by atoms with Crippen molar-refractivity contribution in [2.75, 3.05) is 0 Å². The Morgan fingerprint density at radius 3 is 2.81 bits per heavy atom. The molecule has 0 saturated heterocycles. The standard InChI is InChI=1S/C12H11NO3/c1-9(14)15-7-11-8-16-12(13-11)10-5-3-2-4-6-10/h2-6,8H,7H2,1H3. The number of rotatable bonds is 3. The zero-order chi connectivity index (χ0) is 11.4. The van der Waals surface area contributed by atoms with Crippen molar-refractivity contribution in [3.8, 4) is 11.5 Å². The summed E-state index contributed by atoms with van der Waals surface area (Å²) in [6.45, 7) is 1.50. The Bertz CT molecular complexity index is 476. The molecule has 0 spiro atoms. The van der Waals surface area contributed by atoms with Gasteiger partial charge in [0.2, 0.25) is 5.89 Å². The summed E-state index contributed by atoms with van der Waals surface area (Å²) in [6, 6.07) is 9.55. The van der Waals surface area contributed by atoms with Gasteiger partial charge in [-0.1, -0.05) is 18.2 Å². The lowest BCUT2D eigenvalue weighted by molar-refractivity contribution is -0.142. The van der Waals surface area contributed by atoms with Crippen molar-refractivity contribution in [1.82, 2.24) is 4.98 Å². The molecule has 2 rings (SSSR count). The number of oxazole rings is 1. The molecular weight excluding hydrogens is 206 g/mol. The summed E-state index contributed by atoms with van der Waals surface area (Å²) in [6.07, 6.45) is 1.49. The first kappa shape index (κ1) is 10.4. The van der Waals surface area contributed by atoms with Gasteiger partial charge >= 0.3 is 5.97 Å². The first-order valence-corrected chi connectivity index (χ1v) is 4.89. The Hall–Kier alpha value is -2.10. The third kappa shape index (κ3) is 2.48. The third-order valence-corrected chi connectivity index (χ3v) is 2.00. The van der Waals surface area contributed by atoms with Gasteiger partial charge in [-0.25, -0.2) is 4.98 Å². The van der Waals surface area contributed by atoms with Gasteiger partial charge in [0.25, 0.3) is 0 Å². The molecule has 4 heteroatoms. The molecule has 0 radical (unpaired) electrons.